The summed E-state index contributed by atoms with van der Waals surface area (Å²) in [5, 5.41) is 18.1. The van der Waals surface area contributed by atoms with Gasteiger partial charge in [0.2, 0.25) is 0 Å². The number of carbonyl (C=O) groups is 1. The van der Waals surface area contributed by atoms with E-state index in [4.69, 9.17) is 0 Å². The molecule has 28 heavy (non-hydrogen) atoms. The van der Waals surface area contributed by atoms with Crippen molar-refractivity contribution < 1.29 is 9.90 Å². The first kappa shape index (κ1) is 20.3. The number of phenolic OH excluding ortho intramolecular Hbond substituents is 1. The van der Waals surface area contributed by atoms with Gasteiger partial charge in [-0.3, -0.25) is 9.48 Å². The number of benzene rings is 2. The Balaban J connectivity index is 1.62. The summed E-state index contributed by atoms with van der Waals surface area (Å²) in [6, 6.07) is 12.8. The highest BCUT2D eigenvalue weighted by atomic mass is 79.9. The van der Waals surface area contributed by atoms with E-state index in [0.29, 0.717) is 21.1 Å². The Morgan fingerprint density at radius 3 is 2.39 bits per heavy atom. The number of halogens is 2. The smallest absolute Gasteiger partial charge is 0.271 e. The number of phenols is 1. The van der Waals surface area contributed by atoms with Gasteiger partial charge in [-0.25, -0.2) is 5.43 Å². The number of hydrogen-bond acceptors (Lipinski definition) is 4. The molecule has 0 unspecified atom stereocenters. The van der Waals surface area contributed by atoms with Crippen molar-refractivity contribution in [2.24, 2.45) is 5.10 Å². The molecule has 0 saturated carbocycles. The zero-order valence-electron chi connectivity index (χ0n) is 15.3. The highest BCUT2D eigenvalue weighted by Crippen LogP contribution is 2.32. The number of aromatic hydroxyl groups is 1. The molecule has 3 aromatic rings. The summed E-state index contributed by atoms with van der Waals surface area (Å²) in [6.45, 7) is 4.64. The van der Waals surface area contributed by atoms with Crippen LogP contribution in [0.2, 0.25) is 0 Å². The van der Waals surface area contributed by atoms with Gasteiger partial charge >= 0.3 is 0 Å². The van der Waals surface area contributed by atoms with E-state index in [2.05, 4.69) is 47.5 Å². The molecule has 0 atom stereocenters. The third kappa shape index (κ3) is 4.88. The molecular weight excluding hydrogens is 488 g/mol. The van der Waals surface area contributed by atoms with E-state index in [0.717, 1.165) is 22.5 Å². The third-order valence-electron chi connectivity index (χ3n) is 4.07. The molecule has 0 aliphatic heterocycles. The van der Waals surface area contributed by atoms with Gasteiger partial charge in [-0.1, -0.05) is 12.1 Å². The van der Waals surface area contributed by atoms with E-state index in [-0.39, 0.29) is 11.7 Å². The zero-order chi connectivity index (χ0) is 20.3. The molecule has 6 nitrogen and oxygen atoms in total. The van der Waals surface area contributed by atoms with Gasteiger partial charge in [-0.15, -0.1) is 0 Å². The van der Waals surface area contributed by atoms with Crippen LogP contribution in [0.1, 0.15) is 32.9 Å². The molecule has 2 N–H and O–H groups in total. The first-order valence-electron chi connectivity index (χ1n) is 8.45. The maximum atomic E-state index is 12.2. The lowest BCUT2D eigenvalue weighted by atomic mass is 10.1. The molecule has 0 aliphatic rings. The second-order valence-corrected chi connectivity index (χ2v) is 8.02. The predicted molar refractivity (Wildman–Crippen MR) is 116 cm³/mol. The molecule has 0 radical (unpaired) electrons. The number of nitrogens with one attached hydrogen (secondary N) is 1. The maximum Gasteiger partial charge on any atom is 0.271 e. The molecule has 0 bridgehead atoms. The average molecular weight is 506 g/mol. The Hall–Kier alpha value is -2.45. The molecule has 0 aliphatic carbocycles. The van der Waals surface area contributed by atoms with E-state index in [1.165, 1.54) is 6.21 Å². The van der Waals surface area contributed by atoms with Crippen LogP contribution in [0.3, 0.4) is 0 Å². The topological polar surface area (TPSA) is 79.5 Å². The van der Waals surface area contributed by atoms with Crippen LogP contribution in [0, 0.1) is 13.8 Å². The van der Waals surface area contributed by atoms with E-state index in [9.17, 15) is 9.90 Å². The number of hydrazone groups is 1. The quantitative estimate of drug-likeness (QED) is 0.394. The van der Waals surface area contributed by atoms with Crippen LogP contribution in [-0.2, 0) is 6.54 Å². The van der Waals surface area contributed by atoms with E-state index >= 15 is 0 Å². The lowest BCUT2D eigenvalue weighted by Gasteiger charge is -2.06. The minimum Gasteiger partial charge on any atom is -0.506 e. The van der Waals surface area contributed by atoms with Crippen molar-refractivity contribution in [3.63, 3.8) is 0 Å². The van der Waals surface area contributed by atoms with Crippen LogP contribution < -0.4 is 5.43 Å². The second-order valence-electron chi connectivity index (χ2n) is 6.31. The molecule has 1 heterocycles. The van der Waals surface area contributed by atoms with Crippen molar-refractivity contribution in [1.82, 2.24) is 15.2 Å². The summed E-state index contributed by atoms with van der Waals surface area (Å²) < 4.78 is 3.00. The first-order valence-corrected chi connectivity index (χ1v) is 10.0. The van der Waals surface area contributed by atoms with Gasteiger partial charge < -0.3 is 5.11 Å². The molecule has 1 amide bonds. The van der Waals surface area contributed by atoms with Crippen molar-refractivity contribution in [3.05, 3.63) is 79.5 Å². The molecule has 0 spiro atoms. The number of aromatic nitrogens is 2. The van der Waals surface area contributed by atoms with Crippen LogP contribution in [0.25, 0.3) is 0 Å². The lowest BCUT2D eigenvalue weighted by Crippen LogP contribution is -2.17. The van der Waals surface area contributed by atoms with Crippen molar-refractivity contribution in [2.45, 2.75) is 20.4 Å². The highest BCUT2D eigenvalue weighted by molar-refractivity contribution is 9.11. The number of aryl methyl sites for hydroxylation is 2. The summed E-state index contributed by atoms with van der Waals surface area (Å²) in [6.07, 6.45) is 1.50. The first-order chi connectivity index (χ1) is 13.3. The van der Waals surface area contributed by atoms with Crippen LogP contribution in [-0.4, -0.2) is 27.0 Å². The summed E-state index contributed by atoms with van der Waals surface area (Å²) >= 11 is 6.51. The standard InChI is InChI=1S/C20H18Br2N4O2/c1-12-7-13(2)26(25-12)11-14-3-5-16(6-4-14)20(28)24-23-10-15-8-17(21)19(27)18(22)9-15/h3-10,27H,11H2,1-2H3,(H,24,28). The third-order valence-corrected chi connectivity index (χ3v) is 5.28. The predicted octanol–water partition coefficient (Wildman–Crippen LogP) is 4.54. The summed E-state index contributed by atoms with van der Waals surface area (Å²) in [5.41, 5.74) is 6.88. The fourth-order valence-electron chi connectivity index (χ4n) is 2.66. The number of amides is 1. The van der Waals surface area contributed by atoms with Crippen LogP contribution >= 0.6 is 31.9 Å². The number of nitrogens with zero attached hydrogens (tertiary/aromatic N) is 3. The fourth-order valence-corrected chi connectivity index (χ4v) is 3.88. The Morgan fingerprint density at radius 1 is 1.18 bits per heavy atom. The van der Waals surface area contributed by atoms with Crippen molar-refractivity contribution in [1.29, 1.82) is 0 Å². The second kappa shape index (κ2) is 8.70. The Morgan fingerprint density at radius 2 is 1.82 bits per heavy atom. The summed E-state index contributed by atoms with van der Waals surface area (Å²) in [4.78, 5) is 12.2. The molecule has 144 valence electrons. The molecule has 8 heteroatoms. The number of rotatable bonds is 5. The monoisotopic (exact) mass is 504 g/mol. The molecule has 3 rings (SSSR count). The van der Waals surface area contributed by atoms with E-state index < -0.39 is 0 Å². The largest absolute Gasteiger partial charge is 0.506 e. The van der Waals surface area contributed by atoms with Crippen LogP contribution in [0.15, 0.2) is 56.5 Å². The summed E-state index contributed by atoms with van der Waals surface area (Å²) in [5.74, 6) is -0.187. The molecule has 0 fully saturated rings. The van der Waals surface area contributed by atoms with Crippen molar-refractivity contribution in [2.75, 3.05) is 0 Å². The van der Waals surface area contributed by atoms with Crippen molar-refractivity contribution in [3.8, 4) is 5.75 Å². The zero-order valence-corrected chi connectivity index (χ0v) is 18.5. The maximum absolute atomic E-state index is 12.2. The summed E-state index contributed by atoms with van der Waals surface area (Å²) in [7, 11) is 0. The Labute approximate surface area is 179 Å². The van der Waals surface area contributed by atoms with Crippen LogP contribution in [0.4, 0.5) is 0 Å². The van der Waals surface area contributed by atoms with Gasteiger partial charge in [0.25, 0.3) is 5.91 Å². The van der Waals surface area contributed by atoms with Gasteiger partial charge in [0.1, 0.15) is 5.75 Å². The lowest BCUT2D eigenvalue weighted by molar-refractivity contribution is 0.0955. The fraction of sp³-hybridized carbons (Fsp3) is 0.150. The van der Waals surface area contributed by atoms with Gasteiger partial charge in [0.15, 0.2) is 0 Å². The minimum atomic E-state index is -0.300. The Bertz CT molecular complexity index is 1020. The molecule has 1 aromatic heterocycles. The highest BCUT2D eigenvalue weighted by Gasteiger charge is 2.07. The average Bonchev–Trinajstić information content (AvgIpc) is 2.97. The Kier molecular flexibility index (Phi) is 6.31. The van der Waals surface area contributed by atoms with Gasteiger partial charge in [0, 0.05) is 11.3 Å². The number of carbonyl (C=O) groups excluding carboxylic acids is 1. The van der Waals surface area contributed by atoms with Crippen LogP contribution in [0.5, 0.6) is 5.75 Å². The SMILES string of the molecule is Cc1cc(C)n(Cc2ccc(C(=O)NN=Cc3cc(Br)c(O)c(Br)c3)cc2)n1. The minimum absolute atomic E-state index is 0.113. The van der Waals surface area contributed by atoms with Gasteiger partial charge in [-0.2, -0.15) is 10.2 Å². The molecule has 2 aromatic carbocycles. The van der Waals surface area contributed by atoms with Gasteiger partial charge in [0.05, 0.1) is 27.4 Å². The van der Waals surface area contributed by atoms with Crippen molar-refractivity contribution >= 4 is 44.0 Å². The van der Waals surface area contributed by atoms with E-state index in [1.54, 1.807) is 24.3 Å². The van der Waals surface area contributed by atoms with E-state index in [1.807, 2.05) is 36.7 Å². The number of hydrogen-bond donors (Lipinski definition) is 2. The molecule has 0 saturated heterocycles. The van der Waals surface area contributed by atoms with Gasteiger partial charge in [-0.05, 0) is 87.2 Å². The normalized spacial score (nSPS) is 11.1. The molecular formula is C20H18Br2N4O2.